The second kappa shape index (κ2) is 4.20. The van der Waals surface area contributed by atoms with Gasteiger partial charge in [-0.25, -0.2) is 9.97 Å². The molecule has 0 fully saturated rings. The minimum Gasteiger partial charge on any atom is -0.461 e. The molecule has 0 saturated heterocycles. The normalized spacial score (nSPS) is 10.2. The molecule has 0 aliphatic heterocycles. The molecule has 0 amide bonds. The van der Waals surface area contributed by atoms with E-state index < -0.39 is 7.12 Å². The highest BCUT2D eigenvalue weighted by Gasteiger charge is 2.12. The first kappa shape index (κ1) is 9.95. The van der Waals surface area contributed by atoms with Gasteiger partial charge in [0, 0.05) is 17.9 Å². The van der Waals surface area contributed by atoms with Crippen molar-refractivity contribution in [2.24, 2.45) is 0 Å². The van der Waals surface area contributed by atoms with Crippen molar-refractivity contribution in [3.63, 3.8) is 0 Å². The van der Waals surface area contributed by atoms with Gasteiger partial charge < -0.3 is 14.8 Å². The predicted octanol–water partition coefficient (Wildman–Crippen LogP) is -1.06. The summed E-state index contributed by atoms with van der Waals surface area (Å²) in [5, 5.41) is 17.5. The molecule has 1 heterocycles. The first-order valence-corrected chi connectivity index (χ1v) is 3.94. The van der Waals surface area contributed by atoms with Crippen LogP contribution in [0.25, 0.3) is 0 Å². The molecule has 1 aromatic rings. The van der Waals surface area contributed by atoms with Crippen LogP contribution in [-0.2, 0) is 0 Å². The van der Waals surface area contributed by atoms with E-state index in [0.717, 1.165) is 0 Å². The fourth-order valence-corrected chi connectivity index (χ4v) is 0.731. The summed E-state index contributed by atoms with van der Waals surface area (Å²) < 4.78 is 5.16. The van der Waals surface area contributed by atoms with Gasteiger partial charge in [-0.1, -0.05) is 0 Å². The molecule has 1 rings (SSSR count). The van der Waals surface area contributed by atoms with Crippen LogP contribution in [0.5, 0.6) is 6.01 Å². The molecule has 70 valence electrons. The van der Waals surface area contributed by atoms with E-state index in [-0.39, 0.29) is 17.6 Å². The molecule has 1 aromatic heterocycles. The van der Waals surface area contributed by atoms with Crippen molar-refractivity contribution < 1.29 is 14.8 Å². The van der Waals surface area contributed by atoms with E-state index in [0.29, 0.717) is 0 Å². The monoisotopic (exact) mass is 182 g/mol. The van der Waals surface area contributed by atoms with Gasteiger partial charge in [0.2, 0.25) is 0 Å². The van der Waals surface area contributed by atoms with Crippen molar-refractivity contribution in [3.8, 4) is 6.01 Å². The van der Waals surface area contributed by atoms with Gasteiger partial charge in [0.05, 0.1) is 6.10 Å². The Morgan fingerprint density at radius 1 is 1.31 bits per heavy atom. The number of nitrogens with zero attached hydrogens (tertiary/aromatic N) is 2. The molecule has 0 unspecified atom stereocenters. The van der Waals surface area contributed by atoms with E-state index in [4.69, 9.17) is 14.8 Å². The Morgan fingerprint density at radius 3 is 2.23 bits per heavy atom. The zero-order valence-corrected chi connectivity index (χ0v) is 7.51. The second-order valence-electron chi connectivity index (χ2n) is 2.84. The quantitative estimate of drug-likeness (QED) is 0.583. The maximum Gasteiger partial charge on any atom is 0.491 e. The van der Waals surface area contributed by atoms with Crippen LogP contribution in [0.3, 0.4) is 0 Å². The number of hydrogen-bond donors (Lipinski definition) is 2. The molecule has 0 spiro atoms. The zero-order chi connectivity index (χ0) is 9.84. The highest BCUT2D eigenvalue weighted by atomic mass is 16.5. The minimum atomic E-state index is -1.53. The third-order valence-corrected chi connectivity index (χ3v) is 1.29. The van der Waals surface area contributed by atoms with Crippen LogP contribution in [0, 0.1) is 0 Å². The van der Waals surface area contributed by atoms with Crippen molar-refractivity contribution in [1.29, 1.82) is 0 Å². The maximum atomic E-state index is 8.73. The summed E-state index contributed by atoms with van der Waals surface area (Å²) in [6.45, 7) is 3.72. The van der Waals surface area contributed by atoms with Crippen LogP contribution in [0.1, 0.15) is 13.8 Å². The Labute approximate surface area is 76.6 Å². The first-order valence-electron chi connectivity index (χ1n) is 3.94. The Hall–Kier alpha value is -1.14. The number of ether oxygens (including phenoxy) is 1. The van der Waals surface area contributed by atoms with E-state index in [1.165, 1.54) is 12.4 Å². The fraction of sp³-hybridized carbons (Fsp3) is 0.429. The van der Waals surface area contributed by atoms with Crippen molar-refractivity contribution in [1.82, 2.24) is 9.97 Å². The highest BCUT2D eigenvalue weighted by molar-refractivity contribution is 6.58. The highest BCUT2D eigenvalue weighted by Crippen LogP contribution is 1.99. The van der Waals surface area contributed by atoms with Gasteiger partial charge in [-0.3, -0.25) is 0 Å². The van der Waals surface area contributed by atoms with Crippen LogP contribution in [0.4, 0.5) is 0 Å². The lowest BCUT2D eigenvalue weighted by Crippen LogP contribution is -2.30. The summed E-state index contributed by atoms with van der Waals surface area (Å²) in [6.07, 6.45) is 2.63. The largest absolute Gasteiger partial charge is 0.491 e. The summed E-state index contributed by atoms with van der Waals surface area (Å²) in [5.74, 6) is 0. The molecule has 0 saturated carbocycles. The van der Waals surface area contributed by atoms with Gasteiger partial charge >= 0.3 is 13.1 Å². The fourth-order valence-electron chi connectivity index (χ4n) is 0.731. The summed E-state index contributed by atoms with van der Waals surface area (Å²) in [6, 6.07) is 0.236. The van der Waals surface area contributed by atoms with Gasteiger partial charge in [0.1, 0.15) is 0 Å². The number of hydrogen-bond acceptors (Lipinski definition) is 5. The predicted molar refractivity (Wildman–Crippen MR) is 47.6 cm³/mol. The van der Waals surface area contributed by atoms with Crippen molar-refractivity contribution in [3.05, 3.63) is 12.4 Å². The number of rotatable bonds is 3. The zero-order valence-electron chi connectivity index (χ0n) is 7.51. The van der Waals surface area contributed by atoms with Gasteiger partial charge in [-0.2, -0.15) is 0 Å². The van der Waals surface area contributed by atoms with E-state index in [2.05, 4.69) is 9.97 Å². The SMILES string of the molecule is CC(C)Oc1ncc(B(O)O)cn1. The lowest BCUT2D eigenvalue weighted by molar-refractivity contribution is 0.222. The van der Waals surface area contributed by atoms with Crippen LogP contribution in [-0.4, -0.2) is 33.2 Å². The summed E-state index contributed by atoms with van der Waals surface area (Å²) in [4.78, 5) is 7.57. The first-order chi connectivity index (χ1) is 6.09. The van der Waals surface area contributed by atoms with Crippen LogP contribution in [0.2, 0.25) is 0 Å². The molecule has 0 bridgehead atoms. The molecule has 0 atom stereocenters. The van der Waals surface area contributed by atoms with E-state index in [9.17, 15) is 0 Å². The standard InChI is InChI=1S/C7H11BN2O3/c1-5(2)13-7-9-3-6(4-10-7)8(11)12/h3-5,11-12H,1-2H3. The molecule has 0 aromatic carbocycles. The van der Waals surface area contributed by atoms with Gasteiger partial charge in [0.15, 0.2) is 0 Å². The molecule has 0 radical (unpaired) electrons. The summed E-state index contributed by atoms with van der Waals surface area (Å²) in [5.41, 5.74) is 0.246. The number of aromatic nitrogens is 2. The topological polar surface area (TPSA) is 75.5 Å². The van der Waals surface area contributed by atoms with Gasteiger partial charge in [0.25, 0.3) is 0 Å². The Bertz CT molecular complexity index is 263. The Balaban J connectivity index is 2.70. The van der Waals surface area contributed by atoms with Crippen molar-refractivity contribution >= 4 is 12.6 Å². The van der Waals surface area contributed by atoms with Crippen LogP contribution >= 0.6 is 0 Å². The molecule has 0 aliphatic carbocycles. The lowest BCUT2D eigenvalue weighted by atomic mass is 9.83. The Kier molecular flexibility index (Phi) is 3.22. The van der Waals surface area contributed by atoms with Crippen LogP contribution in [0.15, 0.2) is 12.4 Å². The second-order valence-corrected chi connectivity index (χ2v) is 2.84. The molecule has 0 aliphatic rings. The summed E-state index contributed by atoms with van der Waals surface area (Å²) >= 11 is 0. The van der Waals surface area contributed by atoms with Crippen LogP contribution < -0.4 is 10.2 Å². The minimum absolute atomic E-state index is 0.00454. The molecule has 6 heteroatoms. The average molecular weight is 182 g/mol. The van der Waals surface area contributed by atoms with E-state index in [1.54, 1.807) is 0 Å². The lowest BCUT2D eigenvalue weighted by Gasteiger charge is -2.06. The molecular formula is C7H11BN2O3. The maximum absolute atomic E-state index is 8.73. The molecule has 2 N–H and O–H groups in total. The van der Waals surface area contributed by atoms with Gasteiger partial charge in [-0.05, 0) is 13.8 Å². The third kappa shape index (κ3) is 3.00. The van der Waals surface area contributed by atoms with E-state index >= 15 is 0 Å². The Morgan fingerprint density at radius 2 is 1.85 bits per heavy atom. The molecule has 13 heavy (non-hydrogen) atoms. The smallest absolute Gasteiger partial charge is 0.461 e. The summed E-state index contributed by atoms with van der Waals surface area (Å²) in [7, 11) is -1.53. The van der Waals surface area contributed by atoms with Crippen molar-refractivity contribution in [2.75, 3.05) is 0 Å². The molecule has 5 nitrogen and oxygen atoms in total. The molecular weight excluding hydrogens is 171 g/mol. The third-order valence-electron chi connectivity index (χ3n) is 1.29. The van der Waals surface area contributed by atoms with E-state index in [1.807, 2.05) is 13.8 Å². The van der Waals surface area contributed by atoms with Crippen molar-refractivity contribution in [2.45, 2.75) is 20.0 Å². The van der Waals surface area contributed by atoms with Gasteiger partial charge in [-0.15, -0.1) is 0 Å². The average Bonchev–Trinajstić information content (AvgIpc) is 2.04.